The third kappa shape index (κ3) is 3.07. The van der Waals surface area contributed by atoms with Crippen LogP contribution in [0.1, 0.15) is 36.9 Å². The fourth-order valence-electron chi connectivity index (χ4n) is 1.86. The largest absolute Gasteiger partial charge is 0.394 e. The van der Waals surface area contributed by atoms with E-state index in [4.69, 9.17) is 0 Å². The lowest BCUT2D eigenvalue weighted by molar-refractivity contribution is -0.123. The third-order valence-electron chi connectivity index (χ3n) is 3.24. The number of aliphatic hydroxyl groups excluding tert-OH is 1. The van der Waals surface area contributed by atoms with E-state index in [0.29, 0.717) is 0 Å². The second-order valence-electron chi connectivity index (χ2n) is 4.61. The first-order valence-electron chi connectivity index (χ1n) is 6.24. The molecule has 0 saturated heterocycles. The molecule has 92 valence electrons. The molecule has 17 heavy (non-hydrogen) atoms. The Balaban J connectivity index is 2.02. The summed E-state index contributed by atoms with van der Waals surface area (Å²) in [6.07, 6.45) is 2.97. The Bertz CT molecular complexity index is 382. The number of hydrogen-bond acceptors (Lipinski definition) is 2. The topological polar surface area (TPSA) is 49.3 Å². The maximum atomic E-state index is 11.6. The molecule has 0 heterocycles. The van der Waals surface area contributed by atoms with E-state index >= 15 is 0 Å². The van der Waals surface area contributed by atoms with Crippen molar-refractivity contribution in [2.45, 2.75) is 32.2 Å². The summed E-state index contributed by atoms with van der Waals surface area (Å²) in [5.74, 6) is 0.252. The quantitative estimate of drug-likeness (QED) is 0.815. The van der Waals surface area contributed by atoms with Crippen LogP contribution in [0, 0.1) is 5.92 Å². The van der Waals surface area contributed by atoms with Gasteiger partial charge >= 0.3 is 0 Å². The summed E-state index contributed by atoms with van der Waals surface area (Å²) in [6, 6.07) is 7.77. The molecule has 2 N–H and O–H groups in total. The van der Waals surface area contributed by atoms with E-state index in [-0.39, 0.29) is 24.5 Å². The molecule has 0 bridgehead atoms. The summed E-state index contributed by atoms with van der Waals surface area (Å²) in [6.45, 7) is 2.05. The lowest BCUT2D eigenvalue weighted by atomic mass is 10.0. The Hall–Kier alpha value is -1.35. The summed E-state index contributed by atoms with van der Waals surface area (Å²) in [4.78, 5) is 11.6. The van der Waals surface area contributed by atoms with Crippen molar-refractivity contribution in [1.82, 2.24) is 5.32 Å². The molecular formula is C14H19NO2. The summed E-state index contributed by atoms with van der Waals surface area (Å²) >= 11 is 0. The number of rotatable bonds is 5. The first kappa shape index (κ1) is 12.1. The highest BCUT2D eigenvalue weighted by Gasteiger charge is 2.31. The number of aliphatic hydroxyl groups is 1. The van der Waals surface area contributed by atoms with E-state index in [1.807, 2.05) is 24.3 Å². The van der Waals surface area contributed by atoms with Gasteiger partial charge in [0.25, 0.3) is 0 Å². The normalized spacial score (nSPS) is 16.6. The van der Waals surface area contributed by atoms with Crippen LogP contribution in [0.25, 0.3) is 0 Å². The SMILES string of the molecule is CCc1ccc(C(CO)NC(=O)C2CC2)cc1. The molecule has 1 aromatic carbocycles. The minimum Gasteiger partial charge on any atom is -0.394 e. The molecular weight excluding hydrogens is 214 g/mol. The van der Waals surface area contributed by atoms with Gasteiger partial charge in [-0.15, -0.1) is 0 Å². The van der Waals surface area contributed by atoms with Crippen molar-refractivity contribution in [3.05, 3.63) is 35.4 Å². The standard InChI is InChI=1S/C14H19NO2/c1-2-10-3-5-11(6-4-10)13(9-16)15-14(17)12-7-8-12/h3-6,12-13,16H,2,7-9H2,1H3,(H,15,17). The number of carbonyl (C=O) groups is 1. The van der Waals surface area contributed by atoms with E-state index in [9.17, 15) is 9.90 Å². The second kappa shape index (κ2) is 5.32. The molecule has 1 atom stereocenters. The maximum absolute atomic E-state index is 11.6. The van der Waals surface area contributed by atoms with Gasteiger partial charge in [-0.05, 0) is 30.4 Å². The van der Waals surface area contributed by atoms with Crippen molar-refractivity contribution in [3.63, 3.8) is 0 Å². The molecule has 3 heteroatoms. The van der Waals surface area contributed by atoms with E-state index in [1.165, 1.54) is 5.56 Å². The van der Waals surface area contributed by atoms with Crippen LogP contribution >= 0.6 is 0 Å². The molecule has 1 aromatic rings. The molecule has 2 rings (SSSR count). The molecule has 3 nitrogen and oxygen atoms in total. The van der Waals surface area contributed by atoms with Crippen LogP contribution in [-0.2, 0) is 11.2 Å². The van der Waals surface area contributed by atoms with Crippen LogP contribution in [0.5, 0.6) is 0 Å². The van der Waals surface area contributed by atoms with Gasteiger partial charge in [-0.1, -0.05) is 31.2 Å². The number of benzene rings is 1. The predicted octanol–water partition coefficient (Wildman–Crippen LogP) is 1.81. The molecule has 1 aliphatic rings. The van der Waals surface area contributed by atoms with Crippen molar-refractivity contribution >= 4 is 5.91 Å². The number of hydrogen-bond donors (Lipinski definition) is 2. The molecule has 0 radical (unpaired) electrons. The van der Waals surface area contributed by atoms with Crippen molar-refractivity contribution in [2.24, 2.45) is 5.92 Å². The predicted molar refractivity (Wildman–Crippen MR) is 66.5 cm³/mol. The zero-order chi connectivity index (χ0) is 12.3. The zero-order valence-electron chi connectivity index (χ0n) is 10.1. The van der Waals surface area contributed by atoms with Gasteiger partial charge in [0.1, 0.15) is 0 Å². The minimum absolute atomic E-state index is 0.0517. The van der Waals surface area contributed by atoms with E-state index in [0.717, 1.165) is 24.8 Å². The molecule has 1 amide bonds. The zero-order valence-corrected chi connectivity index (χ0v) is 10.1. The molecule has 1 unspecified atom stereocenters. The van der Waals surface area contributed by atoms with Gasteiger partial charge in [-0.2, -0.15) is 0 Å². The van der Waals surface area contributed by atoms with E-state index < -0.39 is 0 Å². The highest BCUT2D eigenvalue weighted by Crippen LogP contribution is 2.29. The molecule has 1 saturated carbocycles. The molecule has 0 spiro atoms. The molecule has 0 aromatic heterocycles. The molecule has 1 fully saturated rings. The highest BCUT2D eigenvalue weighted by atomic mass is 16.3. The van der Waals surface area contributed by atoms with Crippen LogP contribution in [0.15, 0.2) is 24.3 Å². The monoisotopic (exact) mass is 233 g/mol. The van der Waals surface area contributed by atoms with Gasteiger partial charge in [-0.3, -0.25) is 4.79 Å². The van der Waals surface area contributed by atoms with Gasteiger partial charge in [0.05, 0.1) is 12.6 Å². The Kier molecular flexibility index (Phi) is 3.79. The fraction of sp³-hybridized carbons (Fsp3) is 0.500. The molecule has 0 aliphatic heterocycles. The van der Waals surface area contributed by atoms with E-state index in [1.54, 1.807) is 0 Å². The average Bonchev–Trinajstić information content (AvgIpc) is 3.20. The van der Waals surface area contributed by atoms with Crippen molar-refractivity contribution in [3.8, 4) is 0 Å². The van der Waals surface area contributed by atoms with Crippen LogP contribution in [0.2, 0.25) is 0 Å². The summed E-state index contributed by atoms with van der Waals surface area (Å²) < 4.78 is 0. The Morgan fingerprint density at radius 2 is 2.06 bits per heavy atom. The minimum atomic E-state index is -0.269. The maximum Gasteiger partial charge on any atom is 0.223 e. The van der Waals surface area contributed by atoms with Crippen LogP contribution < -0.4 is 5.32 Å². The van der Waals surface area contributed by atoms with Crippen molar-refractivity contribution in [2.75, 3.05) is 6.61 Å². The Morgan fingerprint density at radius 1 is 1.41 bits per heavy atom. The summed E-state index contributed by atoms with van der Waals surface area (Å²) in [7, 11) is 0. The average molecular weight is 233 g/mol. The number of carbonyl (C=O) groups excluding carboxylic acids is 1. The van der Waals surface area contributed by atoms with Crippen LogP contribution in [-0.4, -0.2) is 17.6 Å². The van der Waals surface area contributed by atoms with Crippen molar-refractivity contribution < 1.29 is 9.90 Å². The number of aryl methyl sites for hydroxylation is 1. The van der Waals surface area contributed by atoms with Gasteiger partial charge in [-0.25, -0.2) is 0 Å². The Morgan fingerprint density at radius 3 is 2.53 bits per heavy atom. The van der Waals surface area contributed by atoms with Gasteiger partial charge in [0.15, 0.2) is 0 Å². The van der Waals surface area contributed by atoms with E-state index in [2.05, 4.69) is 12.2 Å². The lowest BCUT2D eigenvalue weighted by Gasteiger charge is -2.17. The fourth-order valence-corrected chi connectivity index (χ4v) is 1.86. The molecule has 1 aliphatic carbocycles. The first-order valence-corrected chi connectivity index (χ1v) is 6.24. The Labute approximate surface area is 102 Å². The lowest BCUT2D eigenvalue weighted by Crippen LogP contribution is -2.31. The van der Waals surface area contributed by atoms with Gasteiger partial charge in [0, 0.05) is 5.92 Å². The second-order valence-corrected chi connectivity index (χ2v) is 4.61. The smallest absolute Gasteiger partial charge is 0.223 e. The summed E-state index contributed by atoms with van der Waals surface area (Å²) in [5, 5.41) is 12.2. The highest BCUT2D eigenvalue weighted by molar-refractivity contribution is 5.81. The first-order chi connectivity index (χ1) is 8.24. The third-order valence-corrected chi connectivity index (χ3v) is 3.24. The summed E-state index contributed by atoms with van der Waals surface area (Å²) in [5.41, 5.74) is 2.23. The van der Waals surface area contributed by atoms with Crippen LogP contribution in [0.4, 0.5) is 0 Å². The van der Waals surface area contributed by atoms with Gasteiger partial charge < -0.3 is 10.4 Å². The number of nitrogens with one attached hydrogen (secondary N) is 1. The van der Waals surface area contributed by atoms with Gasteiger partial charge in [0.2, 0.25) is 5.91 Å². The van der Waals surface area contributed by atoms with Crippen molar-refractivity contribution in [1.29, 1.82) is 0 Å². The number of amides is 1. The van der Waals surface area contributed by atoms with Crippen LogP contribution in [0.3, 0.4) is 0 Å².